The fourth-order valence-corrected chi connectivity index (χ4v) is 4.61. The van der Waals surface area contributed by atoms with Gasteiger partial charge in [0.05, 0.1) is 10.6 Å². The molecule has 0 fully saturated rings. The first-order valence-electron chi connectivity index (χ1n) is 10.8. The lowest BCUT2D eigenvalue weighted by molar-refractivity contribution is -0.141. The van der Waals surface area contributed by atoms with Crippen molar-refractivity contribution in [1.82, 2.24) is 9.78 Å². The summed E-state index contributed by atoms with van der Waals surface area (Å²) in [6, 6.07) is 15.6. The fourth-order valence-electron chi connectivity index (χ4n) is 3.68. The molecule has 3 aromatic carbocycles. The average Bonchev–Trinajstić information content (AvgIpc) is 3.40. The molecule has 0 aliphatic heterocycles. The van der Waals surface area contributed by atoms with E-state index in [0.29, 0.717) is 34.0 Å². The Hall–Kier alpha value is -4.03. The number of nitrogens with one attached hydrogen (secondary N) is 1. The molecule has 4 aromatic rings. The van der Waals surface area contributed by atoms with Crippen LogP contribution in [0.2, 0.25) is 0 Å². The van der Waals surface area contributed by atoms with E-state index >= 15 is 0 Å². The van der Waals surface area contributed by atoms with Gasteiger partial charge in [-0.05, 0) is 34.9 Å². The van der Waals surface area contributed by atoms with Gasteiger partial charge in [-0.2, -0.15) is 23.0 Å². The van der Waals surface area contributed by atoms with Gasteiger partial charge in [-0.3, -0.25) is 0 Å². The number of aromatic nitrogens is 2. The molecule has 1 aromatic heterocycles. The minimum atomic E-state index is -4.73. The Morgan fingerprint density at radius 2 is 1.62 bits per heavy atom. The zero-order chi connectivity index (χ0) is 26.8. The molecule has 0 spiro atoms. The predicted octanol–water partition coefficient (Wildman–Crippen LogP) is 5.48. The smallest absolute Gasteiger partial charge is 0.326 e. The molecule has 0 bridgehead atoms. The topological polar surface area (TPSA) is 107 Å². The van der Waals surface area contributed by atoms with Gasteiger partial charge in [-0.15, -0.1) is 0 Å². The Morgan fingerprint density at radius 3 is 2.24 bits per heavy atom. The van der Waals surface area contributed by atoms with Crippen molar-refractivity contribution in [2.24, 2.45) is 5.73 Å². The highest BCUT2D eigenvalue weighted by atomic mass is 32.2. The minimum Gasteiger partial charge on any atom is -0.326 e. The summed E-state index contributed by atoms with van der Waals surface area (Å²) in [7, 11) is -4.22. The number of hydrogen-bond acceptors (Lipinski definition) is 5. The van der Waals surface area contributed by atoms with E-state index in [-0.39, 0.29) is 16.1 Å². The molecule has 0 atom stereocenters. The number of anilines is 1. The van der Waals surface area contributed by atoms with Gasteiger partial charge < -0.3 is 11.1 Å². The van der Waals surface area contributed by atoms with Gasteiger partial charge in [-0.1, -0.05) is 54.6 Å². The van der Waals surface area contributed by atoms with Crippen LogP contribution in [0.25, 0.3) is 22.3 Å². The van der Waals surface area contributed by atoms with Gasteiger partial charge in [0.2, 0.25) is 9.84 Å². The second-order valence-electron chi connectivity index (χ2n) is 7.95. The molecule has 0 unspecified atom stereocenters. The lowest BCUT2D eigenvalue weighted by atomic mass is 9.97. The highest BCUT2D eigenvalue weighted by Crippen LogP contribution is 2.36. The Bertz CT molecular complexity index is 1550. The lowest BCUT2D eigenvalue weighted by Gasteiger charge is -2.15. The minimum absolute atomic E-state index is 0.166. The van der Waals surface area contributed by atoms with Crippen molar-refractivity contribution in [3.63, 3.8) is 0 Å². The number of amides is 1. The maximum absolute atomic E-state index is 13.3. The molecule has 0 saturated carbocycles. The van der Waals surface area contributed by atoms with Gasteiger partial charge in [0.25, 0.3) is 0 Å². The van der Waals surface area contributed by atoms with Crippen molar-refractivity contribution in [3.05, 3.63) is 90.3 Å². The van der Waals surface area contributed by atoms with E-state index in [0.717, 1.165) is 11.8 Å². The second-order valence-corrected chi connectivity index (χ2v) is 9.84. The van der Waals surface area contributed by atoms with Crippen LogP contribution in [0.4, 0.5) is 28.0 Å². The van der Waals surface area contributed by atoms with Crippen molar-refractivity contribution >= 4 is 21.6 Å². The van der Waals surface area contributed by atoms with E-state index in [1.165, 1.54) is 24.3 Å². The quantitative estimate of drug-likeness (QED) is 0.320. The van der Waals surface area contributed by atoms with Gasteiger partial charge >= 0.3 is 12.2 Å². The molecule has 1 amide bonds. The molecular weight excluding hydrogens is 512 g/mol. The zero-order valence-corrected chi connectivity index (χ0v) is 19.9. The third kappa shape index (κ3) is 5.54. The number of hydrogen-bond donors (Lipinski definition) is 2. The van der Waals surface area contributed by atoms with E-state index in [1.807, 2.05) is 0 Å². The second kappa shape index (κ2) is 10.1. The molecule has 0 radical (unpaired) electrons. The van der Waals surface area contributed by atoms with Crippen LogP contribution in [0.3, 0.4) is 0 Å². The van der Waals surface area contributed by atoms with Crippen LogP contribution in [0.5, 0.6) is 0 Å². The first kappa shape index (κ1) is 26.0. The predicted molar refractivity (Wildman–Crippen MR) is 130 cm³/mol. The van der Waals surface area contributed by atoms with Gasteiger partial charge in [0.1, 0.15) is 0 Å². The summed E-state index contributed by atoms with van der Waals surface area (Å²) < 4.78 is 77.3. The molecule has 0 aliphatic rings. The summed E-state index contributed by atoms with van der Waals surface area (Å²) in [6.45, 7) is 0.309. The molecule has 4 rings (SSSR count). The normalized spacial score (nSPS) is 11.9. The number of carbonyl (C=O) groups excluding carboxylic acids is 1. The summed E-state index contributed by atoms with van der Waals surface area (Å²) in [6.07, 6.45) is -3.85. The third-order valence-corrected chi connectivity index (χ3v) is 6.84. The molecule has 3 N–H and O–H groups in total. The first-order chi connectivity index (χ1) is 17.5. The standard InChI is InChI=1S/C25H20F4N4O3S/c26-15-37(35,36)22-4-2-1-3-20(22)18-9-10-19(17-7-5-16(14-30)6-8-17)21(13-18)31-24(34)33-12-11-23(32-33)25(27,28)29/h1-13H,14-15,30H2,(H,31,34). The third-order valence-electron chi connectivity index (χ3n) is 5.53. The van der Waals surface area contributed by atoms with Crippen molar-refractivity contribution in [1.29, 1.82) is 0 Å². The van der Waals surface area contributed by atoms with Crippen LogP contribution in [0.1, 0.15) is 11.3 Å². The highest BCUT2D eigenvalue weighted by Gasteiger charge is 2.34. The molecule has 0 aliphatic carbocycles. The monoisotopic (exact) mass is 532 g/mol. The number of halogens is 4. The summed E-state index contributed by atoms with van der Waals surface area (Å²) >= 11 is 0. The Kier molecular flexibility index (Phi) is 7.14. The molecule has 7 nitrogen and oxygen atoms in total. The molecule has 12 heteroatoms. The van der Waals surface area contributed by atoms with Gasteiger partial charge in [0.15, 0.2) is 11.7 Å². The summed E-state index contributed by atoms with van der Waals surface area (Å²) in [4.78, 5) is 12.6. The maximum Gasteiger partial charge on any atom is 0.435 e. The van der Waals surface area contributed by atoms with E-state index in [2.05, 4.69) is 10.4 Å². The van der Waals surface area contributed by atoms with Crippen LogP contribution in [0.15, 0.2) is 83.9 Å². The molecule has 1 heterocycles. The number of nitrogens with zero attached hydrogens (tertiary/aromatic N) is 2. The largest absolute Gasteiger partial charge is 0.435 e. The number of benzene rings is 3. The molecule has 192 valence electrons. The summed E-state index contributed by atoms with van der Waals surface area (Å²) in [5, 5.41) is 5.83. The number of alkyl halides is 4. The maximum atomic E-state index is 13.3. The first-order valence-corrected chi connectivity index (χ1v) is 12.4. The average molecular weight is 533 g/mol. The van der Waals surface area contributed by atoms with Crippen molar-refractivity contribution in [2.75, 3.05) is 11.3 Å². The van der Waals surface area contributed by atoms with E-state index in [4.69, 9.17) is 5.73 Å². The lowest BCUT2D eigenvalue weighted by Crippen LogP contribution is -2.21. The summed E-state index contributed by atoms with van der Waals surface area (Å²) in [5.41, 5.74) is 7.11. The van der Waals surface area contributed by atoms with E-state index in [9.17, 15) is 30.8 Å². The van der Waals surface area contributed by atoms with Gasteiger partial charge in [0, 0.05) is 23.9 Å². The van der Waals surface area contributed by atoms with Gasteiger partial charge in [-0.25, -0.2) is 17.6 Å². The SMILES string of the molecule is NCc1ccc(-c2ccc(-c3ccccc3S(=O)(=O)CF)cc2NC(=O)n2ccc(C(F)(F)F)n2)cc1. The van der Waals surface area contributed by atoms with Crippen molar-refractivity contribution in [2.45, 2.75) is 17.6 Å². The Balaban J connectivity index is 1.81. The van der Waals surface area contributed by atoms with Crippen LogP contribution >= 0.6 is 0 Å². The van der Waals surface area contributed by atoms with Crippen molar-refractivity contribution < 1.29 is 30.8 Å². The number of sulfone groups is 1. The number of rotatable bonds is 6. The van der Waals surface area contributed by atoms with Crippen LogP contribution in [-0.2, 0) is 22.6 Å². The molecular formula is C25H20F4N4O3S. The fraction of sp³-hybridized carbons (Fsp3) is 0.120. The summed E-state index contributed by atoms with van der Waals surface area (Å²) in [5.74, 6) is 0. The van der Waals surface area contributed by atoms with E-state index in [1.54, 1.807) is 42.5 Å². The molecule has 0 saturated heterocycles. The molecule has 37 heavy (non-hydrogen) atoms. The van der Waals surface area contributed by atoms with Crippen molar-refractivity contribution in [3.8, 4) is 22.3 Å². The van der Waals surface area contributed by atoms with Crippen LogP contribution in [-0.4, -0.2) is 30.2 Å². The van der Waals surface area contributed by atoms with E-state index < -0.39 is 33.7 Å². The highest BCUT2D eigenvalue weighted by molar-refractivity contribution is 7.91. The number of nitrogens with two attached hydrogens (primary N) is 1. The van der Waals surface area contributed by atoms with Crippen LogP contribution in [0, 0.1) is 0 Å². The van der Waals surface area contributed by atoms with Crippen LogP contribution < -0.4 is 11.1 Å². The zero-order valence-electron chi connectivity index (χ0n) is 19.0. The Morgan fingerprint density at radius 1 is 0.946 bits per heavy atom. The Labute approximate surface area is 209 Å². The number of carbonyl (C=O) groups is 1.